The van der Waals surface area contributed by atoms with Crippen LogP contribution in [0.4, 0.5) is 4.39 Å². The van der Waals surface area contributed by atoms with Gasteiger partial charge in [-0.05, 0) is 36.6 Å². The summed E-state index contributed by atoms with van der Waals surface area (Å²) in [6.45, 7) is 0. The van der Waals surface area contributed by atoms with Gasteiger partial charge in [0.05, 0.1) is 0 Å². The molecule has 0 atom stereocenters. The number of carbonyl (C=O) groups excluding carboxylic acids is 1. The molecular weight excluding hydrogens is 221 g/mol. The highest BCUT2D eigenvalue weighted by atomic mass is 19.1. The summed E-state index contributed by atoms with van der Waals surface area (Å²) < 4.78 is 18.0. The highest BCUT2D eigenvalue weighted by Gasteiger charge is 2.35. The molecule has 1 saturated carbocycles. The van der Waals surface area contributed by atoms with Crippen LogP contribution in [0.15, 0.2) is 35.0 Å². The number of esters is 1. The maximum Gasteiger partial charge on any atom is 0.363 e. The van der Waals surface area contributed by atoms with Crippen molar-refractivity contribution in [2.45, 2.75) is 12.8 Å². The quantitative estimate of drug-likeness (QED) is 0.579. The van der Waals surface area contributed by atoms with E-state index in [4.69, 9.17) is 4.74 Å². The number of cyclic esters (lactones) is 1. The van der Waals surface area contributed by atoms with Gasteiger partial charge < -0.3 is 4.74 Å². The topological polar surface area (TPSA) is 38.7 Å². The standard InChI is InChI=1S/C13H10FNO2/c14-10-3-1-2-8(6-10)7-11-13(16)17-12(15-11)9-4-5-9/h1-3,6-7,9H,4-5H2/b11-7+. The fourth-order valence-corrected chi connectivity index (χ4v) is 1.68. The summed E-state index contributed by atoms with van der Waals surface area (Å²) >= 11 is 0. The molecule has 1 heterocycles. The molecule has 0 N–H and O–H groups in total. The second-order valence-electron chi connectivity index (χ2n) is 4.20. The van der Waals surface area contributed by atoms with Crippen molar-refractivity contribution in [1.82, 2.24) is 0 Å². The lowest BCUT2D eigenvalue weighted by Crippen LogP contribution is -2.05. The predicted molar refractivity (Wildman–Crippen MR) is 60.6 cm³/mol. The van der Waals surface area contributed by atoms with Crippen molar-refractivity contribution in [1.29, 1.82) is 0 Å². The van der Waals surface area contributed by atoms with Gasteiger partial charge in [0, 0.05) is 5.92 Å². The van der Waals surface area contributed by atoms with Crippen molar-refractivity contribution >= 4 is 17.9 Å². The van der Waals surface area contributed by atoms with E-state index in [2.05, 4.69) is 4.99 Å². The van der Waals surface area contributed by atoms with E-state index < -0.39 is 5.97 Å². The molecule has 86 valence electrons. The van der Waals surface area contributed by atoms with Crippen molar-refractivity contribution in [3.63, 3.8) is 0 Å². The van der Waals surface area contributed by atoms with Crippen molar-refractivity contribution < 1.29 is 13.9 Å². The van der Waals surface area contributed by atoms with Crippen LogP contribution in [-0.4, -0.2) is 11.9 Å². The van der Waals surface area contributed by atoms with E-state index in [0.717, 1.165) is 12.8 Å². The maximum absolute atomic E-state index is 13.0. The molecule has 1 aromatic rings. The Hall–Kier alpha value is -1.97. The molecule has 0 aromatic heterocycles. The average molecular weight is 231 g/mol. The summed E-state index contributed by atoms with van der Waals surface area (Å²) in [6, 6.07) is 6.01. The van der Waals surface area contributed by atoms with Gasteiger partial charge in [-0.2, -0.15) is 0 Å². The zero-order valence-corrected chi connectivity index (χ0v) is 9.02. The van der Waals surface area contributed by atoms with Gasteiger partial charge in [0.25, 0.3) is 0 Å². The number of aliphatic imine (C=N–C) groups is 1. The van der Waals surface area contributed by atoms with Gasteiger partial charge in [-0.1, -0.05) is 12.1 Å². The lowest BCUT2D eigenvalue weighted by atomic mass is 10.2. The summed E-state index contributed by atoms with van der Waals surface area (Å²) in [4.78, 5) is 15.6. The number of ether oxygens (including phenoxy) is 1. The molecule has 0 bridgehead atoms. The molecule has 1 fully saturated rings. The Bertz CT molecular complexity index is 544. The maximum atomic E-state index is 13.0. The highest BCUT2D eigenvalue weighted by molar-refractivity contribution is 6.08. The van der Waals surface area contributed by atoms with Crippen LogP contribution in [0, 0.1) is 11.7 Å². The predicted octanol–water partition coefficient (Wildman–Crippen LogP) is 2.53. The van der Waals surface area contributed by atoms with E-state index in [0.29, 0.717) is 17.4 Å². The smallest absolute Gasteiger partial charge is 0.363 e. The van der Waals surface area contributed by atoms with Crippen LogP contribution in [0.25, 0.3) is 6.08 Å². The first-order chi connectivity index (χ1) is 8.22. The molecule has 3 nitrogen and oxygen atoms in total. The van der Waals surface area contributed by atoms with Gasteiger partial charge in [-0.15, -0.1) is 0 Å². The summed E-state index contributed by atoms with van der Waals surface area (Å²) in [5.74, 6) is 0.0308. The molecule has 0 spiro atoms. The average Bonchev–Trinajstić information content (AvgIpc) is 3.06. The minimum Gasteiger partial charge on any atom is -0.406 e. The van der Waals surface area contributed by atoms with E-state index in [-0.39, 0.29) is 11.5 Å². The van der Waals surface area contributed by atoms with Gasteiger partial charge in [0.1, 0.15) is 5.82 Å². The Morgan fingerprint density at radius 3 is 2.94 bits per heavy atom. The minimum absolute atomic E-state index is 0.248. The lowest BCUT2D eigenvalue weighted by molar-refractivity contribution is -0.130. The largest absolute Gasteiger partial charge is 0.406 e. The van der Waals surface area contributed by atoms with Crippen molar-refractivity contribution in [3.05, 3.63) is 41.3 Å². The van der Waals surface area contributed by atoms with E-state index in [9.17, 15) is 9.18 Å². The Balaban J connectivity index is 1.90. The van der Waals surface area contributed by atoms with Crippen LogP contribution >= 0.6 is 0 Å². The molecule has 3 rings (SSSR count). The van der Waals surface area contributed by atoms with E-state index >= 15 is 0 Å². The molecule has 1 aliphatic carbocycles. The number of halogens is 1. The van der Waals surface area contributed by atoms with Crippen LogP contribution in [0.5, 0.6) is 0 Å². The first-order valence-electron chi connectivity index (χ1n) is 5.50. The minimum atomic E-state index is -0.448. The number of benzene rings is 1. The molecule has 0 saturated heterocycles. The second kappa shape index (κ2) is 3.80. The van der Waals surface area contributed by atoms with E-state index in [1.54, 1.807) is 18.2 Å². The Kier molecular flexibility index (Phi) is 2.28. The first-order valence-corrected chi connectivity index (χ1v) is 5.50. The Morgan fingerprint density at radius 1 is 1.41 bits per heavy atom. The van der Waals surface area contributed by atoms with Crippen molar-refractivity contribution in [2.75, 3.05) is 0 Å². The summed E-state index contributed by atoms with van der Waals surface area (Å²) in [5, 5.41) is 0. The van der Waals surface area contributed by atoms with Gasteiger partial charge in [0.2, 0.25) is 5.90 Å². The van der Waals surface area contributed by atoms with Crippen LogP contribution in [0.3, 0.4) is 0 Å². The molecule has 17 heavy (non-hydrogen) atoms. The third-order valence-electron chi connectivity index (χ3n) is 2.72. The molecule has 1 aromatic carbocycles. The van der Waals surface area contributed by atoms with Crippen LogP contribution < -0.4 is 0 Å². The normalized spacial score (nSPS) is 21.6. The number of hydrogen-bond acceptors (Lipinski definition) is 3. The molecule has 0 radical (unpaired) electrons. The highest BCUT2D eigenvalue weighted by Crippen LogP contribution is 2.34. The SMILES string of the molecule is O=C1OC(C2CC2)=N/C1=C/c1cccc(F)c1. The second-order valence-corrected chi connectivity index (χ2v) is 4.20. The van der Waals surface area contributed by atoms with Crippen molar-refractivity contribution in [3.8, 4) is 0 Å². The van der Waals surface area contributed by atoms with Gasteiger partial charge >= 0.3 is 5.97 Å². The first kappa shape index (κ1) is 10.2. The third kappa shape index (κ3) is 2.11. The molecule has 2 aliphatic rings. The zero-order chi connectivity index (χ0) is 11.8. The van der Waals surface area contributed by atoms with Gasteiger partial charge in [-0.25, -0.2) is 14.2 Å². The monoisotopic (exact) mass is 231 g/mol. The summed E-state index contributed by atoms with van der Waals surface area (Å²) in [6.07, 6.45) is 3.60. The fraction of sp³-hybridized carbons (Fsp3) is 0.231. The molecule has 1 aliphatic heterocycles. The van der Waals surface area contributed by atoms with Crippen LogP contribution in [0.2, 0.25) is 0 Å². The number of carbonyl (C=O) groups is 1. The molecule has 4 heteroatoms. The summed E-state index contributed by atoms with van der Waals surface area (Å²) in [7, 11) is 0. The third-order valence-corrected chi connectivity index (χ3v) is 2.72. The summed E-state index contributed by atoms with van der Waals surface area (Å²) in [5.41, 5.74) is 0.857. The van der Waals surface area contributed by atoms with Gasteiger partial charge in [-0.3, -0.25) is 0 Å². The Labute approximate surface area is 97.6 Å². The number of nitrogens with zero attached hydrogens (tertiary/aromatic N) is 1. The Morgan fingerprint density at radius 2 is 2.24 bits per heavy atom. The van der Waals surface area contributed by atoms with E-state index in [1.807, 2.05) is 0 Å². The number of rotatable bonds is 2. The molecule has 0 unspecified atom stereocenters. The lowest BCUT2D eigenvalue weighted by Gasteiger charge is -1.94. The van der Waals surface area contributed by atoms with Crippen LogP contribution in [0.1, 0.15) is 18.4 Å². The number of hydrogen-bond donors (Lipinski definition) is 0. The zero-order valence-electron chi connectivity index (χ0n) is 9.02. The van der Waals surface area contributed by atoms with Crippen molar-refractivity contribution in [2.24, 2.45) is 10.9 Å². The van der Waals surface area contributed by atoms with E-state index in [1.165, 1.54) is 12.1 Å². The van der Waals surface area contributed by atoms with Gasteiger partial charge in [0.15, 0.2) is 5.70 Å². The molecular formula is C13H10FNO2. The molecule has 0 amide bonds. The van der Waals surface area contributed by atoms with Crippen LogP contribution in [-0.2, 0) is 9.53 Å². The fourth-order valence-electron chi connectivity index (χ4n) is 1.68.